The highest BCUT2D eigenvalue weighted by atomic mass is 32.1. The Labute approximate surface area is 143 Å². The van der Waals surface area contributed by atoms with E-state index in [2.05, 4.69) is 9.98 Å². The number of nitrogens with zero attached hydrogens (tertiary/aromatic N) is 3. The van der Waals surface area contributed by atoms with Gasteiger partial charge in [-0.3, -0.25) is 4.79 Å². The summed E-state index contributed by atoms with van der Waals surface area (Å²) in [5.41, 5.74) is 11.2. The molecule has 0 radical (unpaired) electrons. The number of aliphatic imine (C=N–C) groups is 1. The number of nitrogens with two attached hydrogens (primary N) is 2. The van der Waals surface area contributed by atoms with E-state index in [0.717, 1.165) is 30.6 Å². The van der Waals surface area contributed by atoms with Gasteiger partial charge >= 0.3 is 5.97 Å². The lowest BCUT2D eigenvalue weighted by Gasteiger charge is -2.35. The smallest absolute Gasteiger partial charge is 0.329 e. The number of aromatic nitrogens is 1. The SMILES string of the molecule is Cc1nc(N=C(N)N)sc1C(=O)N1CCCCC1COCC(=O)O. The second-order valence-corrected chi connectivity index (χ2v) is 6.48. The number of carbonyl (C=O) groups is 2. The Kier molecular flexibility index (Phi) is 6.10. The second-order valence-electron chi connectivity index (χ2n) is 5.50. The van der Waals surface area contributed by atoms with E-state index in [1.807, 2.05) is 0 Å². The standard InChI is InChI=1S/C14H21N5O4S/c1-8-11(24-14(17-8)18-13(15)16)12(22)19-5-3-2-4-9(19)6-23-7-10(20)21/h9H,2-7H2,1H3,(H,20,21)(H4,15,16,17,18). The second kappa shape index (κ2) is 8.06. The van der Waals surface area contributed by atoms with Crippen LogP contribution < -0.4 is 11.5 Å². The van der Waals surface area contributed by atoms with Crippen LogP contribution >= 0.6 is 11.3 Å². The first kappa shape index (κ1) is 18.1. The maximum atomic E-state index is 12.8. The Morgan fingerprint density at radius 1 is 1.46 bits per heavy atom. The molecule has 2 rings (SSSR count). The number of carbonyl (C=O) groups excluding carboxylic acids is 1. The lowest BCUT2D eigenvalue weighted by atomic mass is 10.0. The van der Waals surface area contributed by atoms with Crippen molar-refractivity contribution in [3.05, 3.63) is 10.6 Å². The first-order valence-corrected chi connectivity index (χ1v) is 8.37. The normalized spacial score (nSPS) is 17.5. The van der Waals surface area contributed by atoms with Gasteiger partial charge in [0.05, 0.1) is 18.3 Å². The van der Waals surface area contributed by atoms with Crippen LogP contribution in [0.5, 0.6) is 0 Å². The van der Waals surface area contributed by atoms with Crippen LogP contribution in [0.15, 0.2) is 4.99 Å². The quantitative estimate of drug-likeness (QED) is 0.496. The molecule has 9 nitrogen and oxygen atoms in total. The van der Waals surface area contributed by atoms with E-state index in [1.54, 1.807) is 11.8 Å². The number of ether oxygens (including phenoxy) is 1. The van der Waals surface area contributed by atoms with E-state index in [4.69, 9.17) is 21.3 Å². The molecule has 5 N–H and O–H groups in total. The van der Waals surface area contributed by atoms with Crippen molar-refractivity contribution in [2.24, 2.45) is 16.5 Å². The molecule has 1 unspecified atom stereocenters. The molecular weight excluding hydrogens is 334 g/mol. The van der Waals surface area contributed by atoms with Gasteiger partial charge in [0.25, 0.3) is 5.91 Å². The number of piperidine rings is 1. The molecule has 1 saturated heterocycles. The number of amides is 1. The molecule has 1 fully saturated rings. The summed E-state index contributed by atoms with van der Waals surface area (Å²) in [6, 6.07) is -0.140. The Morgan fingerprint density at radius 2 is 2.21 bits per heavy atom. The molecule has 1 aliphatic heterocycles. The number of aliphatic carboxylic acids is 1. The molecule has 1 amide bonds. The van der Waals surface area contributed by atoms with E-state index in [0.29, 0.717) is 22.2 Å². The lowest BCUT2D eigenvalue weighted by Crippen LogP contribution is -2.46. The number of hydrogen-bond acceptors (Lipinski definition) is 6. The topological polar surface area (TPSA) is 144 Å². The van der Waals surface area contributed by atoms with Crippen LogP contribution in [0, 0.1) is 6.92 Å². The number of guanidine groups is 1. The van der Waals surface area contributed by atoms with Crippen LogP contribution in [0.4, 0.5) is 5.13 Å². The van der Waals surface area contributed by atoms with Crippen molar-refractivity contribution < 1.29 is 19.4 Å². The third kappa shape index (κ3) is 4.65. The van der Waals surface area contributed by atoms with Gasteiger partial charge in [-0.15, -0.1) is 0 Å². The molecular formula is C14H21N5O4S. The zero-order valence-electron chi connectivity index (χ0n) is 13.4. The number of carboxylic acids is 1. The van der Waals surface area contributed by atoms with Gasteiger partial charge in [-0.05, 0) is 26.2 Å². The predicted octanol–water partition coefficient (Wildman–Crippen LogP) is 0.452. The van der Waals surface area contributed by atoms with Gasteiger partial charge in [0.1, 0.15) is 11.5 Å². The Bertz CT molecular complexity index is 641. The molecule has 0 aromatic carbocycles. The van der Waals surface area contributed by atoms with E-state index >= 15 is 0 Å². The van der Waals surface area contributed by atoms with Crippen LogP contribution in [0.1, 0.15) is 34.6 Å². The fourth-order valence-electron chi connectivity index (χ4n) is 2.59. The summed E-state index contributed by atoms with van der Waals surface area (Å²) in [7, 11) is 0. The van der Waals surface area contributed by atoms with Crippen molar-refractivity contribution in [2.75, 3.05) is 19.8 Å². The molecule has 1 aromatic heterocycles. The maximum absolute atomic E-state index is 12.8. The third-order valence-electron chi connectivity index (χ3n) is 3.63. The van der Waals surface area contributed by atoms with Gasteiger partial charge in [0, 0.05) is 6.54 Å². The van der Waals surface area contributed by atoms with Gasteiger partial charge in [-0.1, -0.05) is 11.3 Å². The van der Waals surface area contributed by atoms with Gasteiger partial charge in [0.2, 0.25) is 5.13 Å². The summed E-state index contributed by atoms with van der Waals surface area (Å²) in [4.78, 5) is 33.7. The molecule has 0 spiro atoms. The van der Waals surface area contributed by atoms with E-state index in [9.17, 15) is 9.59 Å². The van der Waals surface area contributed by atoms with Crippen LogP contribution in [0.25, 0.3) is 0 Å². The van der Waals surface area contributed by atoms with E-state index < -0.39 is 5.97 Å². The zero-order valence-corrected chi connectivity index (χ0v) is 14.2. The van der Waals surface area contributed by atoms with E-state index in [1.165, 1.54) is 0 Å². The van der Waals surface area contributed by atoms with Gasteiger partial charge in [0.15, 0.2) is 5.96 Å². The average molecular weight is 355 g/mol. The number of hydrogen-bond donors (Lipinski definition) is 3. The predicted molar refractivity (Wildman–Crippen MR) is 89.5 cm³/mol. The highest BCUT2D eigenvalue weighted by Crippen LogP contribution is 2.28. The van der Waals surface area contributed by atoms with Crippen molar-refractivity contribution in [1.82, 2.24) is 9.88 Å². The largest absolute Gasteiger partial charge is 0.480 e. The fourth-order valence-corrected chi connectivity index (χ4v) is 3.51. The molecule has 1 aliphatic rings. The Hall–Kier alpha value is -2.20. The van der Waals surface area contributed by atoms with Crippen molar-refractivity contribution in [2.45, 2.75) is 32.2 Å². The molecule has 0 saturated carbocycles. The minimum atomic E-state index is -1.02. The minimum Gasteiger partial charge on any atom is -0.480 e. The minimum absolute atomic E-state index is 0.110. The molecule has 1 atom stereocenters. The summed E-state index contributed by atoms with van der Waals surface area (Å²) >= 11 is 1.14. The van der Waals surface area contributed by atoms with Crippen LogP contribution in [-0.2, 0) is 9.53 Å². The molecule has 0 bridgehead atoms. The summed E-state index contributed by atoms with van der Waals surface area (Å²) in [6.07, 6.45) is 2.66. The van der Waals surface area contributed by atoms with Crippen LogP contribution in [-0.4, -0.2) is 58.6 Å². The monoisotopic (exact) mass is 355 g/mol. The number of rotatable bonds is 6. The third-order valence-corrected chi connectivity index (χ3v) is 4.67. The number of thiazole rings is 1. The maximum Gasteiger partial charge on any atom is 0.329 e. The van der Waals surface area contributed by atoms with Crippen molar-refractivity contribution in [3.63, 3.8) is 0 Å². The lowest BCUT2D eigenvalue weighted by molar-refractivity contribution is -0.142. The van der Waals surface area contributed by atoms with Crippen molar-refractivity contribution >= 4 is 34.3 Å². The highest BCUT2D eigenvalue weighted by Gasteiger charge is 2.30. The number of likely N-dealkylation sites (tertiary alicyclic amines) is 1. The number of carboxylic acid groups (broad SMARTS) is 1. The summed E-state index contributed by atoms with van der Waals surface area (Å²) in [5, 5.41) is 9.00. The van der Waals surface area contributed by atoms with Gasteiger partial charge in [-0.25, -0.2) is 9.78 Å². The molecule has 0 aliphatic carbocycles. The summed E-state index contributed by atoms with van der Waals surface area (Å²) < 4.78 is 5.18. The summed E-state index contributed by atoms with van der Waals surface area (Å²) in [5.74, 6) is -1.28. The van der Waals surface area contributed by atoms with Crippen LogP contribution in [0.2, 0.25) is 0 Å². The Balaban J connectivity index is 2.12. The highest BCUT2D eigenvalue weighted by molar-refractivity contribution is 7.17. The van der Waals surface area contributed by atoms with Crippen molar-refractivity contribution in [1.29, 1.82) is 0 Å². The molecule has 1 aromatic rings. The molecule has 2 heterocycles. The van der Waals surface area contributed by atoms with Crippen LogP contribution in [0.3, 0.4) is 0 Å². The molecule has 132 valence electrons. The van der Waals surface area contributed by atoms with Gasteiger partial charge in [-0.2, -0.15) is 4.99 Å². The zero-order chi connectivity index (χ0) is 17.7. The molecule has 24 heavy (non-hydrogen) atoms. The van der Waals surface area contributed by atoms with Crippen molar-refractivity contribution in [3.8, 4) is 0 Å². The first-order valence-electron chi connectivity index (χ1n) is 7.56. The fraction of sp³-hybridized carbons (Fsp3) is 0.571. The van der Waals surface area contributed by atoms with Gasteiger partial charge < -0.3 is 26.2 Å². The first-order chi connectivity index (χ1) is 11.4. The number of aryl methyl sites for hydroxylation is 1. The van der Waals surface area contributed by atoms with E-state index in [-0.39, 0.29) is 31.1 Å². The summed E-state index contributed by atoms with van der Waals surface area (Å²) in [6.45, 7) is 2.17. The average Bonchev–Trinajstić information content (AvgIpc) is 2.86. The molecule has 10 heteroatoms. The Morgan fingerprint density at radius 3 is 2.88 bits per heavy atom.